The van der Waals surface area contributed by atoms with Crippen LogP contribution in [0, 0.1) is 5.92 Å². The number of aliphatic hydroxyl groups is 1. The smallest absolute Gasteiger partial charge is 0.190 e. The van der Waals surface area contributed by atoms with Crippen molar-refractivity contribution in [2.45, 2.75) is 31.7 Å². The minimum atomic E-state index is 0.0193. The Morgan fingerprint density at radius 3 is 2.82 bits per heavy atom. The van der Waals surface area contributed by atoms with E-state index >= 15 is 0 Å². The molecule has 2 N–H and O–H groups in total. The molecule has 0 aliphatic heterocycles. The van der Waals surface area contributed by atoms with Crippen molar-refractivity contribution in [3.63, 3.8) is 0 Å². The first-order chi connectivity index (χ1) is 10.8. The van der Waals surface area contributed by atoms with E-state index < -0.39 is 0 Å². The molecule has 1 saturated carbocycles. The second-order valence-electron chi connectivity index (χ2n) is 6.20. The Kier molecular flexibility index (Phi) is 3.22. The summed E-state index contributed by atoms with van der Waals surface area (Å²) in [5.41, 5.74) is 1.81. The second-order valence-corrected chi connectivity index (χ2v) is 6.20. The SMILES string of the molecule is O=c1ccn(C2CCC(CO)CC2)c2c1cnc1[nH]ccc12. The number of H-pyrrole nitrogens is 1. The van der Waals surface area contributed by atoms with Gasteiger partial charge in [-0.05, 0) is 37.7 Å². The van der Waals surface area contributed by atoms with Crippen molar-refractivity contribution in [1.29, 1.82) is 0 Å². The molecule has 5 nitrogen and oxygen atoms in total. The molecule has 0 saturated heterocycles. The quantitative estimate of drug-likeness (QED) is 0.764. The summed E-state index contributed by atoms with van der Waals surface area (Å²) in [6.07, 6.45) is 9.61. The molecule has 114 valence electrons. The van der Waals surface area contributed by atoms with Crippen molar-refractivity contribution in [3.8, 4) is 0 Å². The number of aromatic nitrogens is 3. The molecule has 0 unspecified atom stereocenters. The highest BCUT2D eigenvalue weighted by Crippen LogP contribution is 2.34. The van der Waals surface area contributed by atoms with Crippen molar-refractivity contribution < 1.29 is 5.11 Å². The molecule has 3 aromatic heterocycles. The average Bonchev–Trinajstić information content (AvgIpc) is 3.04. The van der Waals surface area contributed by atoms with Crippen LogP contribution in [0.15, 0.2) is 35.5 Å². The van der Waals surface area contributed by atoms with Crippen LogP contribution in [0.25, 0.3) is 21.9 Å². The molecular formula is C17H19N3O2. The number of nitrogens with one attached hydrogen (secondary N) is 1. The number of nitrogens with zero attached hydrogens (tertiary/aromatic N) is 2. The van der Waals surface area contributed by atoms with Gasteiger partial charge in [0.1, 0.15) is 5.65 Å². The van der Waals surface area contributed by atoms with Crippen LogP contribution in [-0.2, 0) is 0 Å². The number of pyridine rings is 2. The van der Waals surface area contributed by atoms with E-state index in [1.54, 1.807) is 12.3 Å². The van der Waals surface area contributed by atoms with Gasteiger partial charge in [-0.3, -0.25) is 4.79 Å². The van der Waals surface area contributed by atoms with Gasteiger partial charge in [-0.2, -0.15) is 0 Å². The highest BCUT2D eigenvalue weighted by molar-refractivity contribution is 6.02. The zero-order valence-corrected chi connectivity index (χ0v) is 12.3. The Morgan fingerprint density at radius 1 is 1.23 bits per heavy atom. The van der Waals surface area contributed by atoms with E-state index in [0.29, 0.717) is 17.3 Å². The van der Waals surface area contributed by atoms with Gasteiger partial charge in [0.25, 0.3) is 0 Å². The summed E-state index contributed by atoms with van der Waals surface area (Å²) in [5, 5.41) is 11.0. The fraction of sp³-hybridized carbons (Fsp3) is 0.412. The van der Waals surface area contributed by atoms with Crippen LogP contribution in [0.3, 0.4) is 0 Å². The van der Waals surface area contributed by atoms with Crippen LogP contribution in [0.4, 0.5) is 0 Å². The summed E-state index contributed by atoms with van der Waals surface area (Å²) in [6, 6.07) is 4.01. The van der Waals surface area contributed by atoms with Gasteiger partial charge in [0, 0.05) is 42.7 Å². The van der Waals surface area contributed by atoms with Crippen LogP contribution in [-0.4, -0.2) is 26.2 Å². The number of fused-ring (bicyclic) bond motifs is 3. The lowest BCUT2D eigenvalue weighted by Crippen LogP contribution is -2.21. The highest BCUT2D eigenvalue weighted by Gasteiger charge is 2.23. The molecule has 0 aromatic carbocycles. The Morgan fingerprint density at radius 2 is 2.05 bits per heavy atom. The molecular weight excluding hydrogens is 278 g/mol. The molecule has 0 atom stereocenters. The van der Waals surface area contributed by atoms with Crippen molar-refractivity contribution >= 4 is 21.9 Å². The summed E-state index contributed by atoms with van der Waals surface area (Å²) < 4.78 is 2.24. The molecule has 0 spiro atoms. The zero-order valence-electron chi connectivity index (χ0n) is 12.3. The maximum atomic E-state index is 12.2. The first kappa shape index (κ1) is 13.5. The Hall–Kier alpha value is -2.14. The second kappa shape index (κ2) is 5.25. The van der Waals surface area contributed by atoms with E-state index in [1.807, 2.05) is 18.5 Å². The maximum absolute atomic E-state index is 12.2. The average molecular weight is 297 g/mol. The summed E-state index contributed by atoms with van der Waals surface area (Å²) in [4.78, 5) is 19.6. The van der Waals surface area contributed by atoms with Gasteiger partial charge >= 0.3 is 0 Å². The Labute approximate surface area is 127 Å². The highest BCUT2D eigenvalue weighted by atomic mass is 16.3. The Balaban J connectivity index is 1.89. The van der Waals surface area contributed by atoms with Gasteiger partial charge in [0.15, 0.2) is 5.43 Å². The number of aromatic amines is 1. The van der Waals surface area contributed by atoms with Crippen LogP contribution < -0.4 is 5.43 Å². The predicted molar refractivity (Wildman–Crippen MR) is 85.9 cm³/mol. The molecule has 0 radical (unpaired) electrons. The molecule has 0 amide bonds. The molecule has 0 bridgehead atoms. The molecule has 22 heavy (non-hydrogen) atoms. The molecule has 3 heterocycles. The predicted octanol–water partition coefficient (Wildman–Crippen LogP) is 2.60. The maximum Gasteiger partial charge on any atom is 0.190 e. The van der Waals surface area contributed by atoms with Crippen LogP contribution >= 0.6 is 0 Å². The van der Waals surface area contributed by atoms with E-state index in [4.69, 9.17) is 0 Å². The van der Waals surface area contributed by atoms with Gasteiger partial charge in [-0.15, -0.1) is 0 Å². The van der Waals surface area contributed by atoms with E-state index in [0.717, 1.165) is 42.2 Å². The van der Waals surface area contributed by atoms with Crippen molar-refractivity contribution in [1.82, 2.24) is 14.5 Å². The van der Waals surface area contributed by atoms with Gasteiger partial charge in [0.05, 0.1) is 10.9 Å². The Bertz CT molecular complexity index is 872. The van der Waals surface area contributed by atoms with Crippen molar-refractivity contribution in [3.05, 3.63) is 40.9 Å². The monoisotopic (exact) mass is 297 g/mol. The molecule has 5 heteroatoms. The third-order valence-electron chi connectivity index (χ3n) is 4.94. The molecule has 1 fully saturated rings. The van der Waals surface area contributed by atoms with Crippen LogP contribution in [0.1, 0.15) is 31.7 Å². The lowest BCUT2D eigenvalue weighted by Gasteiger charge is -2.30. The molecule has 1 aliphatic carbocycles. The van der Waals surface area contributed by atoms with Crippen molar-refractivity contribution in [2.75, 3.05) is 6.61 Å². The minimum absolute atomic E-state index is 0.0193. The zero-order chi connectivity index (χ0) is 15.1. The summed E-state index contributed by atoms with van der Waals surface area (Å²) in [6.45, 7) is 0.281. The lowest BCUT2D eigenvalue weighted by atomic mass is 9.86. The summed E-state index contributed by atoms with van der Waals surface area (Å²) in [5.74, 6) is 0.427. The van der Waals surface area contributed by atoms with Gasteiger partial charge in [-0.1, -0.05) is 0 Å². The van der Waals surface area contributed by atoms with Gasteiger partial charge in [-0.25, -0.2) is 4.98 Å². The minimum Gasteiger partial charge on any atom is -0.396 e. The summed E-state index contributed by atoms with van der Waals surface area (Å²) in [7, 11) is 0. The largest absolute Gasteiger partial charge is 0.396 e. The van der Waals surface area contributed by atoms with Crippen LogP contribution in [0.5, 0.6) is 0 Å². The fourth-order valence-electron chi connectivity index (χ4n) is 3.67. The third-order valence-corrected chi connectivity index (χ3v) is 4.94. The van der Waals surface area contributed by atoms with Gasteiger partial charge in [0.2, 0.25) is 0 Å². The number of hydrogen-bond acceptors (Lipinski definition) is 3. The normalized spacial score (nSPS) is 22.4. The fourth-order valence-corrected chi connectivity index (χ4v) is 3.67. The molecule has 1 aliphatic rings. The van der Waals surface area contributed by atoms with Crippen LogP contribution in [0.2, 0.25) is 0 Å². The topological polar surface area (TPSA) is 70.9 Å². The standard InChI is InChI=1S/C17H19N3O2/c21-10-11-1-3-12(4-2-11)20-8-6-15(22)14-9-19-17-13(16(14)20)5-7-18-17/h5-9,11-12,21H,1-4,10H2,(H,18,19). The van der Waals surface area contributed by atoms with Gasteiger partial charge < -0.3 is 14.7 Å². The lowest BCUT2D eigenvalue weighted by molar-refractivity contribution is 0.170. The van der Waals surface area contributed by atoms with E-state index in [-0.39, 0.29) is 12.0 Å². The third kappa shape index (κ3) is 2.04. The number of hydrogen-bond donors (Lipinski definition) is 2. The summed E-state index contributed by atoms with van der Waals surface area (Å²) >= 11 is 0. The van der Waals surface area contributed by atoms with Crippen molar-refractivity contribution in [2.24, 2.45) is 5.92 Å². The number of rotatable bonds is 2. The van der Waals surface area contributed by atoms with E-state index in [9.17, 15) is 9.90 Å². The first-order valence-electron chi connectivity index (χ1n) is 7.85. The van der Waals surface area contributed by atoms with E-state index in [1.165, 1.54) is 0 Å². The molecule has 3 aromatic rings. The number of aliphatic hydroxyl groups excluding tert-OH is 1. The first-order valence-corrected chi connectivity index (χ1v) is 7.85. The molecule has 4 rings (SSSR count). The van der Waals surface area contributed by atoms with E-state index in [2.05, 4.69) is 14.5 Å².